The number of fused-ring (bicyclic) bond motifs is 1. The van der Waals surface area contributed by atoms with Crippen molar-refractivity contribution in [2.24, 2.45) is 0 Å². The lowest BCUT2D eigenvalue weighted by Crippen LogP contribution is -2.29. The minimum Gasteiger partial charge on any atom is -0.389 e. The monoisotopic (exact) mass is 253 g/mol. The highest BCUT2D eigenvalue weighted by atomic mass is 32.1. The first-order valence-electron chi connectivity index (χ1n) is 5.25. The average molecular weight is 253 g/mol. The molecule has 0 aliphatic carbocycles. The number of aliphatic hydroxyl groups excluding tert-OH is 1. The van der Waals surface area contributed by atoms with E-state index in [1.54, 1.807) is 0 Å². The zero-order chi connectivity index (χ0) is 11.8. The number of carbonyl (C=O) groups excluding carboxylic acids is 1. The molecule has 1 aliphatic heterocycles. The highest BCUT2D eigenvalue weighted by molar-refractivity contribution is 7.15. The van der Waals surface area contributed by atoms with E-state index in [0.29, 0.717) is 5.69 Å². The topological polar surface area (TPSA) is 67.1 Å². The van der Waals surface area contributed by atoms with Crippen LogP contribution in [0, 0.1) is 0 Å². The minimum absolute atomic E-state index is 0.174. The summed E-state index contributed by atoms with van der Waals surface area (Å²) in [6.45, 7) is 0.422. The van der Waals surface area contributed by atoms with Gasteiger partial charge in [0.2, 0.25) is 0 Å². The molecule has 90 valence electrons. The van der Waals surface area contributed by atoms with Gasteiger partial charge >= 0.3 is 0 Å². The standard InChI is InChI=1S/C10H11N3O3S/c14-8-5-13(16-6-8)9(15)3-7-4-12-1-2-17-10(12)11-7/h1-2,4,8,14H,3,5-6H2/t8-/m1/s1. The van der Waals surface area contributed by atoms with Crippen molar-refractivity contribution in [2.75, 3.05) is 13.2 Å². The van der Waals surface area contributed by atoms with E-state index < -0.39 is 6.10 Å². The Bertz CT molecular complexity index is 521. The van der Waals surface area contributed by atoms with E-state index >= 15 is 0 Å². The largest absolute Gasteiger partial charge is 0.389 e. The predicted molar refractivity (Wildman–Crippen MR) is 60.4 cm³/mol. The van der Waals surface area contributed by atoms with E-state index in [4.69, 9.17) is 4.84 Å². The number of rotatable bonds is 2. The molecule has 7 heteroatoms. The number of imidazole rings is 1. The summed E-state index contributed by atoms with van der Waals surface area (Å²) in [6.07, 6.45) is 3.35. The number of hydrogen-bond donors (Lipinski definition) is 1. The highest BCUT2D eigenvalue weighted by Gasteiger charge is 2.26. The number of nitrogens with zero attached hydrogens (tertiary/aromatic N) is 3. The fourth-order valence-electron chi connectivity index (χ4n) is 1.75. The third-order valence-corrected chi connectivity index (χ3v) is 3.32. The molecule has 1 saturated heterocycles. The molecule has 0 aromatic carbocycles. The molecule has 0 radical (unpaired) electrons. The van der Waals surface area contributed by atoms with Crippen LogP contribution >= 0.6 is 11.3 Å². The first kappa shape index (κ1) is 10.7. The van der Waals surface area contributed by atoms with Crippen molar-refractivity contribution in [3.05, 3.63) is 23.5 Å². The fraction of sp³-hybridized carbons (Fsp3) is 0.400. The molecule has 1 N–H and O–H groups in total. The normalized spacial score (nSPS) is 20.3. The van der Waals surface area contributed by atoms with Crippen molar-refractivity contribution in [3.8, 4) is 0 Å². The Morgan fingerprint density at radius 2 is 2.59 bits per heavy atom. The molecule has 0 spiro atoms. The lowest BCUT2D eigenvalue weighted by Gasteiger charge is -2.12. The molecule has 0 saturated carbocycles. The second-order valence-corrected chi connectivity index (χ2v) is 4.78. The Labute approximate surface area is 101 Å². The Morgan fingerprint density at radius 1 is 1.71 bits per heavy atom. The van der Waals surface area contributed by atoms with Gasteiger partial charge in [-0.15, -0.1) is 11.3 Å². The van der Waals surface area contributed by atoms with Gasteiger partial charge in [-0.05, 0) is 0 Å². The van der Waals surface area contributed by atoms with Gasteiger partial charge < -0.3 is 5.11 Å². The Balaban J connectivity index is 1.70. The maximum atomic E-state index is 11.8. The predicted octanol–water partition coefficient (Wildman–Crippen LogP) is 0.0730. The average Bonchev–Trinajstić information content (AvgIpc) is 2.92. The summed E-state index contributed by atoms with van der Waals surface area (Å²) in [5, 5.41) is 12.4. The lowest BCUT2D eigenvalue weighted by molar-refractivity contribution is -0.168. The SMILES string of the molecule is O=C(Cc1cn2ccsc2n1)N1C[C@@H](O)CO1. The summed E-state index contributed by atoms with van der Waals surface area (Å²) in [7, 11) is 0. The zero-order valence-electron chi connectivity index (χ0n) is 8.94. The van der Waals surface area contributed by atoms with Gasteiger partial charge in [-0.2, -0.15) is 0 Å². The van der Waals surface area contributed by atoms with Crippen LogP contribution in [0.3, 0.4) is 0 Å². The van der Waals surface area contributed by atoms with E-state index in [9.17, 15) is 9.90 Å². The highest BCUT2D eigenvalue weighted by Crippen LogP contribution is 2.13. The summed E-state index contributed by atoms with van der Waals surface area (Å²) in [5.41, 5.74) is 0.715. The fourth-order valence-corrected chi connectivity index (χ4v) is 2.47. The molecule has 1 amide bonds. The minimum atomic E-state index is -0.579. The first-order chi connectivity index (χ1) is 8.22. The summed E-state index contributed by atoms with van der Waals surface area (Å²) in [4.78, 5) is 22.0. The van der Waals surface area contributed by atoms with Crippen LogP contribution in [-0.2, 0) is 16.1 Å². The number of β-amino-alcohol motifs (C(OH)–C–C–N with tert-alkyl or cyclic N) is 1. The van der Waals surface area contributed by atoms with Crippen LogP contribution in [0.5, 0.6) is 0 Å². The summed E-state index contributed by atoms with van der Waals surface area (Å²) >= 11 is 1.52. The van der Waals surface area contributed by atoms with E-state index in [-0.39, 0.29) is 25.5 Å². The van der Waals surface area contributed by atoms with Crippen molar-refractivity contribution < 1.29 is 14.7 Å². The van der Waals surface area contributed by atoms with Gasteiger partial charge in [0.25, 0.3) is 5.91 Å². The first-order valence-corrected chi connectivity index (χ1v) is 6.13. The molecular formula is C10H11N3O3S. The molecule has 1 fully saturated rings. The Hall–Kier alpha value is -1.44. The van der Waals surface area contributed by atoms with Crippen molar-refractivity contribution in [1.29, 1.82) is 0 Å². The number of hydroxylamine groups is 2. The number of aromatic nitrogens is 2. The van der Waals surface area contributed by atoms with Crippen LogP contribution in [0.1, 0.15) is 5.69 Å². The molecule has 0 bridgehead atoms. The number of hydrogen-bond acceptors (Lipinski definition) is 5. The van der Waals surface area contributed by atoms with Gasteiger partial charge in [0, 0.05) is 17.8 Å². The molecule has 17 heavy (non-hydrogen) atoms. The second-order valence-electron chi connectivity index (χ2n) is 3.91. The van der Waals surface area contributed by atoms with Crippen LogP contribution < -0.4 is 0 Å². The second kappa shape index (κ2) is 4.10. The van der Waals surface area contributed by atoms with Gasteiger partial charge in [0.1, 0.15) is 6.61 Å². The van der Waals surface area contributed by atoms with Crippen molar-refractivity contribution in [3.63, 3.8) is 0 Å². The molecule has 3 rings (SSSR count). The van der Waals surface area contributed by atoms with E-state index in [2.05, 4.69) is 4.98 Å². The van der Waals surface area contributed by atoms with Gasteiger partial charge in [-0.25, -0.2) is 10.0 Å². The summed E-state index contributed by atoms with van der Waals surface area (Å²) in [5.74, 6) is -0.174. The molecular weight excluding hydrogens is 242 g/mol. The molecule has 2 aromatic heterocycles. The van der Waals surface area contributed by atoms with Gasteiger partial charge in [-0.1, -0.05) is 0 Å². The molecule has 0 unspecified atom stereocenters. The van der Waals surface area contributed by atoms with Crippen LogP contribution in [0.2, 0.25) is 0 Å². The van der Waals surface area contributed by atoms with Gasteiger partial charge in [-0.3, -0.25) is 14.0 Å². The third kappa shape index (κ3) is 2.04. The van der Waals surface area contributed by atoms with Crippen molar-refractivity contribution in [1.82, 2.24) is 14.4 Å². The molecule has 2 aromatic rings. The zero-order valence-corrected chi connectivity index (χ0v) is 9.76. The number of thiazole rings is 1. The number of carbonyl (C=O) groups is 1. The maximum absolute atomic E-state index is 11.8. The van der Waals surface area contributed by atoms with Crippen LogP contribution in [0.15, 0.2) is 17.8 Å². The van der Waals surface area contributed by atoms with E-state index in [0.717, 1.165) is 4.96 Å². The van der Waals surface area contributed by atoms with Crippen molar-refractivity contribution >= 4 is 22.2 Å². The summed E-state index contributed by atoms with van der Waals surface area (Å²) < 4.78 is 1.88. The van der Waals surface area contributed by atoms with E-state index in [1.165, 1.54) is 16.4 Å². The van der Waals surface area contributed by atoms with Crippen molar-refractivity contribution in [2.45, 2.75) is 12.5 Å². The van der Waals surface area contributed by atoms with Gasteiger partial charge in [0.05, 0.1) is 24.8 Å². The van der Waals surface area contributed by atoms with Crippen LogP contribution in [0.25, 0.3) is 4.96 Å². The third-order valence-electron chi connectivity index (χ3n) is 2.55. The molecule has 6 nitrogen and oxygen atoms in total. The Morgan fingerprint density at radius 3 is 3.29 bits per heavy atom. The number of aliphatic hydroxyl groups is 1. The molecule has 1 aliphatic rings. The quantitative estimate of drug-likeness (QED) is 0.822. The van der Waals surface area contributed by atoms with Crippen LogP contribution in [-0.4, -0.2) is 44.7 Å². The maximum Gasteiger partial charge on any atom is 0.252 e. The van der Waals surface area contributed by atoms with Gasteiger partial charge in [0.15, 0.2) is 4.96 Å². The van der Waals surface area contributed by atoms with Crippen LogP contribution in [0.4, 0.5) is 0 Å². The van der Waals surface area contributed by atoms with E-state index in [1.807, 2.05) is 22.2 Å². The Kier molecular flexibility index (Phi) is 2.58. The summed E-state index contributed by atoms with van der Waals surface area (Å²) in [6, 6.07) is 0. The smallest absolute Gasteiger partial charge is 0.252 e. The molecule has 3 heterocycles. The molecule has 1 atom stereocenters. The lowest BCUT2D eigenvalue weighted by atomic mass is 10.3. The number of amides is 1.